The van der Waals surface area contributed by atoms with E-state index in [1.54, 1.807) is 38.1 Å². The predicted molar refractivity (Wildman–Crippen MR) is 196 cm³/mol. The van der Waals surface area contributed by atoms with Gasteiger partial charge in [-0.15, -0.1) is 0 Å². The van der Waals surface area contributed by atoms with Crippen LogP contribution in [0.1, 0.15) is 77.0 Å². The molecule has 2 aromatic carbocycles. The Hall–Kier alpha value is -5.66. The zero-order valence-corrected chi connectivity index (χ0v) is 30.5. The van der Waals surface area contributed by atoms with E-state index in [1.165, 1.54) is 46.3 Å². The fraction of sp³-hybridized carbons (Fsp3) is 0.395. The lowest BCUT2D eigenvalue weighted by Gasteiger charge is -2.35. The first kappa shape index (κ1) is 39.1. The average molecular weight is 721 g/mol. The zero-order valence-electron chi connectivity index (χ0n) is 30.5. The summed E-state index contributed by atoms with van der Waals surface area (Å²) in [6.45, 7) is 10.6. The number of halogens is 1. The van der Waals surface area contributed by atoms with Gasteiger partial charge in [-0.3, -0.25) is 14.4 Å². The summed E-state index contributed by atoms with van der Waals surface area (Å²) in [4.78, 5) is 44.2. The van der Waals surface area contributed by atoms with Gasteiger partial charge >= 0.3 is 11.9 Å². The SMILES string of the molecule is COc1cc2nc(C(=O)CC(C)(C)C(=O)O)cc(N)c2c(F)c1OC(C)(C)CC(C)(C)COc1ccc2nc(/C=C\CC(=O)O)cc(N)c2c1OC. The number of carboxylic acids is 2. The molecule has 0 radical (unpaired) electrons. The van der Waals surface area contributed by atoms with E-state index in [1.807, 2.05) is 13.8 Å². The van der Waals surface area contributed by atoms with Crippen molar-refractivity contribution in [1.82, 2.24) is 9.97 Å². The highest BCUT2D eigenvalue weighted by Gasteiger charge is 2.35. The standard InChI is InChI=1S/C38H45FN4O9/c1-36(2,19-51-27-13-12-23-31(33(27)50-8)21(40)14-20(42-23)10-9-11-29(45)46)18-38(5,6)52-34-28(49-7)16-25-30(32(34)39)22(41)15-24(43-25)26(44)17-37(3,4)35(47)48/h9-10,12-16H,11,17-19H2,1-8H3,(H2,40,42)(H2,41,43)(H,45,46)(H,47,48)/b10-9-. The number of carbonyl (C=O) groups is 3. The summed E-state index contributed by atoms with van der Waals surface area (Å²) in [5, 5.41) is 18.8. The molecule has 0 amide bonds. The van der Waals surface area contributed by atoms with Crippen molar-refractivity contribution in [3.05, 3.63) is 53.6 Å². The number of Topliss-reactive ketones (excluding diaryl/α,β-unsaturated/α-hetero) is 1. The van der Waals surface area contributed by atoms with Gasteiger partial charge in [0.15, 0.2) is 34.6 Å². The van der Waals surface area contributed by atoms with Gasteiger partial charge in [0.05, 0.1) is 60.2 Å². The van der Waals surface area contributed by atoms with Gasteiger partial charge in [-0.05, 0) is 64.5 Å². The molecule has 0 atom stereocenters. The second-order valence-electron chi connectivity index (χ2n) is 14.6. The molecule has 0 aliphatic heterocycles. The molecule has 0 saturated carbocycles. The van der Waals surface area contributed by atoms with Crippen LogP contribution in [0.5, 0.6) is 23.0 Å². The van der Waals surface area contributed by atoms with Crippen molar-refractivity contribution in [1.29, 1.82) is 0 Å². The van der Waals surface area contributed by atoms with E-state index in [0.717, 1.165) is 0 Å². The molecular weight excluding hydrogens is 675 g/mol. The number of aliphatic carboxylic acids is 2. The summed E-state index contributed by atoms with van der Waals surface area (Å²) in [7, 11) is 2.85. The number of methoxy groups -OCH3 is 2. The summed E-state index contributed by atoms with van der Waals surface area (Å²) in [6.07, 6.45) is 2.98. The van der Waals surface area contributed by atoms with Crippen LogP contribution in [0.25, 0.3) is 27.9 Å². The molecule has 0 bridgehead atoms. The number of fused-ring (bicyclic) bond motifs is 2. The Labute approximate surface area is 300 Å². The van der Waals surface area contributed by atoms with Gasteiger partial charge in [0, 0.05) is 29.3 Å². The molecule has 0 saturated heterocycles. The van der Waals surface area contributed by atoms with Gasteiger partial charge < -0.3 is 40.6 Å². The van der Waals surface area contributed by atoms with E-state index in [-0.39, 0.29) is 53.2 Å². The number of pyridine rings is 2. The molecular formula is C38H45FN4O9. The Morgan fingerprint density at radius 3 is 2.15 bits per heavy atom. The fourth-order valence-corrected chi connectivity index (χ4v) is 6.10. The van der Waals surface area contributed by atoms with Crippen molar-refractivity contribution in [2.75, 3.05) is 32.3 Å². The first-order valence-electron chi connectivity index (χ1n) is 16.4. The molecule has 14 heteroatoms. The molecule has 0 aliphatic carbocycles. The molecule has 4 rings (SSSR count). The predicted octanol–water partition coefficient (Wildman–Crippen LogP) is 6.93. The maximum atomic E-state index is 16.2. The second kappa shape index (κ2) is 14.9. The molecule has 4 aromatic rings. The van der Waals surface area contributed by atoms with Crippen molar-refractivity contribution < 1.29 is 47.9 Å². The van der Waals surface area contributed by atoms with Gasteiger partial charge in [0.2, 0.25) is 0 Å². The molecule has 52 heavy (non-hydrogen) atoms. The Morgan fingerprint density at radius 1 is 0.865 bits per heavy atom. The van der Waals surface area contributed by atoms with E-state index in [9.17, 15) is 19.5 Å². The maximum Gasteiger partial charge on any atom is 0.309 e. The maximum absolute atomic E-state index is 16.2. The first-order chi connectivity index (χ1) is 24.2. The lowest BCUT2D eigenvalue weighted by Crippen LogP contribution is -2.37. The number of hydrogen-bond acceptors (Lipinski definition) is 11. The topological polar surface area (TPSA) is 206 Å². The molecule has 13 nitrogen and oxygen atoms in total. The van der Waals surface area contributed by atoms with Crippen LogP contribution < -0.4 is 30.4 Å². The minimum absolute atomic E-state index is 0.0297. The highest BCUT2D eigenvalue weighted by Crippen LogP contribution is 2.43. The molecule has 6 N–H and O–H groups in total. The summed E-state index contributed by atoms with van der Waals surface area (Å²) >= 11 is 0. The number of nitrogens with zero attached hydrogens (tertiary/aromatic N) is 2. The zero-order chi connectivity index (χ0) is 38.8. The average Bonchev–Trinajstić information content (AvgIpc) is 3.03. The largest absolute Gasteiger partial charge is 0.493 e. The molecule has 2 aromatic heterocycles. The van der Waals surface area contributed by atoms with Crippen molar-refractivity contribution in [2.24, 2.45) is 10.8 Å². The van der Waals surface area contributed by atoms with Crippen LogP contribution in [0.3, 0.4) is 0 Å². The highest BCUT2D eigenvalue weighted by atomic mass is 19.1. The number of carbonyl (C=O) groups excluding carboxylic acids is 1. The minimum atomic E-state index is -1.34. The van der Waals surface area contributed by atoms with Crippen LogP contribution in [-0.2, 0) is 9.59 Å². The van der Waals surface area contributed by atoms with E-state index < -0.39 is 40.0 Å². The summed E-state index contributed by atoms with van der Waals surface area (Å²) < 4.78 is 39.9. The number of aromatic nitrogens is 2. The molecule has 2 heterocycles. The fourth-order valence-electron chi connectivity index (χ4n) is 6.10. The number of hydrogen-bond donors (Lipinski definition) is 4. The van der Waals surface area contributed by atoms with Gasteiger partial charge in [0.1, 0.15) is 11.3 Å². The monoisotopic (exact) mass is 720 g/mol. The third-order valence-electron chi connectivity index (χ3n) is 8.30. The molecule has 0 fully saturated rings. The molecule has 0 spiro atoms. The van der Waals surface area contributed by atoms with Gasteiger partial charge in [-0.1, -0.05) is 19.9 Å². The van der Waals surface area contributed by atoms with Gasteiger partial charge in [0.25, 0.3) is 0 Å². The van der Waals surface area contributed by atoms with Crippen molar-refractivity contribution in [3.8, 4) is 23.0 Å². The molecule has 0 unspecified atom stereocenters. The Balaban J connectivity index is 1.56. The number of carboxylic acid groups (broad SMARTS) is 2. The van der Waals surface area contributed by atoms with Crippen LogP contribution >= 0.6 is 0 Å². The van der Waals surface area contributed by atoms with Gasteiger partial charge in [-0.2, -0.15) is 0 Å². The number of ether oxygens (including phenoxy) is 4. The van der Waals surface area contributed by atoms with E-state index in [0.29, 0.717) is 40.2 Å². The van der Waals surface area contributed by atoms with E-state index in [4.69, 9.17) is 35.5 Å². The van der Waals surface area contributed by atoms with E-state index in [2.05, 4.69) is 9.97 Å². The van der Waals surface area contributed by atoms with E-state index >= 15 is 4.39 Å². The number of nitrogen functional groups attached to an aromatic ring is 2. The highest BCUT2D eigenvalue weighted by molar-refractivity contribution is 6.03. The number of benzene rings is 2. The Bertz CT molecular complexity index is 2080. The smallest absolute Gasteiger partial charge is 0.309 e. The Kier molecular flexibility index (Phi) is 11.2. The van der Waals surface area contributed by atoms with Crippen LogP contribution in [0.4, 0.5) is 15.8 Å². The van der Waals surface area contributed by atoms with Crippen molar-refractivity contribution in [3.63, 3.8) is 0 Å². The van der Waals surface area contributed by atoms with Crippen LogP contribution in [0, 0.1) is 16.6 Å². The van der Waals surface area contributed by atoms with Crippen LogP contribution in [0.2, 0.25) is 0 Å². The lowest BCUT2D eigenvalue weighted by atomic mass is 9.82. The quantitative estimate of drug-likeness (QED) is 0.0868. The number of rotatable bonds is 16. The summed E-state index contributed by atoms with van der Waals surface area (Å²) in [6, 6.07) is 7.74. The number of nitrogens with two attached hydrogens (primary N) is 2. The lowest BCUT2D eigenvalue weighted by molar-refractivity contribution is -0.146. The second-order valence-corrected chi connectivity index (χ2v) is 14.6. The normalized spacial score (nSPS) is 12.3. The minimum Gasteiger partial charge on any atom is -0.493 e. The first-order valence-corrected chi connectivity index (χ1v) is 16.4. The number of anilines is 2. The summed E-state index contributed by atoms with van der Waals surface area (Å²) in [5.74, 6) is -2.81. The third-order valence-corrected chi connectivity index (χ3v) is 8.30. The van der Waals surface area contributed by atoms with Crippen molar-refractivity contribution >= 4 is 57.0 Å². The molecule has 0 aliphatic rings. The van der Waals surface area contributed by atoms with Gasteiger partial charge in [-0.25, -0.2) is 14.4 Å². The molecule has 278 valence electrons. The Morgan fingerprint density at radius 2 is 1.54 bits per heavy atom. The number of ketones is 1. The van der Waals surface area contributed by atoms with Crippen LogP contribution in [-0.4, -0.2) is 64.3 Å². The third kappa shape index (κ3) is 8.79. The summed E-state index contributed by atoms with van der Waals surface area (Å²) in [5.41, 5.74) is 11.1. The van der Waals surface area contributed by atoms with Crippen molar-refractivity contribution in [2.45, 2.75) is 66.4 Å². The van der Waals surface area contributed by atoms with Crippen LogP contribution in [0.15, 0.2) is 36.4 Å².